The van der Waals surface area contributed by atoms with Gasteiger partial charge in [-0.2, -0.15) is 5.26 Å². The van der Waals surface area contributed by atoms with Gasteiger partial charge in [-0.1, -0.05) is 66.2 Å². The smallest absolute Gasteiger partial charge is 0.138 e. The first-order valence-electron chi connectivity index (χ1n) is 9.03. The molecule has 0 amide bonds. The molecule has 2 atom stereocenters. The fourth-order valence-electron chi connectivity index (χ4n) is 3.41. The van der Waals surface area contributed by atoms with Crippen LogP contribution in [0.4, 0.5) is 5.69 Å². The fourth-order valence-corrected chi connectivity index (χ4v) is 3.41. The number of nitriles is 1. The van der Waals surface area contributed by atoms with Crippen LogP contribution in [0.1, 0.15) is 35.2 Å². The first kappa shape index (κ1) is 18.5. The van der Waals surface area contributed by atoms with Crippen LogP contribution in [0.5, 0.6) is 5.75 Å². The molecule has 0 bridgehead atoms. The van der Waals surface area contributed by atoms with Crippen molar-refractivity contribution in [2.75, 3.05) is 5.32 Å². The molecular formula is C24H24N2O. The highest BCUT2D eigenvalue weighted by molar-refractivity contribution is 5.60. The number of hydrogen-bond donors (Lipinski definition) is 2. The van der Waals surface area contributed by atoms with Crippen LogP contribution >= 0.6 is 0 Å². The highest BCUT2D eigenvalue weighted by atomic mass is 16.3. The Balaban J connectivity index is 2.15. The van der Waals surface area contributed by atoms with E-state index in [1.807, 2.05) is 81.4 Å². The van der Waals surface area contributed by atoms with Gasteiger partial charge >= 0.3 is 0 Å². The molecule has 0 saturated heterocycles. The van der Waals surface area contributed by atoms with E-state index in [2.05, 4.69) is 17.5 Å². The van der Waals surface area contributed by atoms with Gasteiger partial charge in [0.05, 0.1) is 17.8 Å². The molecule has 0 unspecified atom stereocenters. The number of aromatic hydroxyl groups is 1. The maximum atomic E-state index is 10.3. The number of benzene rings is 3. The predicted octanol–water partition coefficient (Wildman–Crippen LogP) is 5.64. The van der Waals surface area contributed by atoms with E-state index in [4.69, 9.17) is 0 Å². The van der Waals surface area contributed by atoms with E-state index in [0.717, 1.165) is 22.3 Å². The molecule has 27 heavy (non-hydrogen) atoms. The number of hydrogen-bond acceptors (Lipinski definition) is 3. The van der Waals surface area contributed by atoms with Gasteiger partial charge in [0.2, 0.25) is 0 Å². The van der Waals surface area contributed by atoms with Crippen molar-refractivity contribution in [3.8, 4) is 11.8 Å². The summed E-state index contributed by atoms with van der Waals surface area (Å²) in [6.45, 7) is 5.96. The van der Waals surface area contributed by atoms with Gasteiger partial charge in [-0.3, -0.25) is 0 Å². The van der Waals surface area contributed by atoms with Crippen LogP contribution in [0.3, 0.4) is 0 Å². The zero-order valence-corrected chi connectivity index (χ0v) is 15.9. The number of phenolic OH excluding ortho intramolecular Hbond substituents is 1. The summed E-state index contributed by atoms with van der Waals surface area (Å²) < 4.78 is 0. The predicted molar refractivity (Wildman–Crippen MR) is 110 cm³/mol. The lowest BCUT2D eigenvalue weighted by Gasteiger charge is -2.34. The summed E-state index contributed by atoms with van der Waals surface area (Å²) in [4.78, 5) is 0. The minimum atomic E-state index is -0.828. The summed E-state index contributed by atoms with van der Waals surface area (Å²) in [5.41, 5.74) is 3.89. The summed E-state index contributed by atoms with van der Waals surface area (Å²) >= 11 is 0. The number of rotatable bonds is 5. The van der Waals surface area contributed by atoms with Crippen molar-refractivity contribution < 1.29 is 5.11 Å². The number of aryl methyl sites for hydroxylation is 2. The molecule has 3 heteroatoms. The summed E-state index contributed by atoms with van der Waals surface area (Å²) in [5.74, 6) is 0.173. The fraction of sp³-hybridized carbons (Fsp3) is 0.208. The zero-order chi connectivity index (χ0) is 19.4. The maximum Gasteiger partial charge on any atom is 0.138 e. The van der Waals surface area contributed by atoms with Crippen molar-refractivity contribution in [1.29, 1.82) is 5.26 Å². The molecule has 136 valence electrons. The zero-order valence-electron chi connectivity index (χ0n) is 15.9. The molecule has 3 rings (SSSR count). The normalized spacial score (nSPS) is 14.0. The van der Waals surface area contributed by atoms with Gasteiger partial charge in [0.1, 0.15) is 11.2 Å². The lowest BCUT2D eigenvalue weighted by Crippen LogP contribution is -2.34. The number of nitrogens with zero attached hydrogens (tertiary/aromatic N) is 1. The third-order valence-corrected chi connectivity index (χ3v) is 5.01. The van der Waals surface area contributed by atoms with E-state index in [-0.39, 0.29) is 11.8 Å². The first-order chi connectivity index (χ1) is 12.9. The quantitative estimate of drug-likeness (QED) is 0.581. The second-order valence-electron chi connectivity index (χ2n) is 7.19. The van der Waals surface area contributed by atoms with Gasteiger partial charge in [-0.25, -0.2) is 0 Å². The Hall–Kier alpha value is -3.25. The third kappa shape index (κ3) is 3.80. The van der Waals surface area contributed by atoms with Crippen LogP contribution in [0.25, 0.3) is 0 Å². The van der Waals surface area contributed by atoms with Crippen molar-refractivity contribution in [1.82, 2.24) is 0 Å². The van der Waals surface area contributed by atoms with Crippen LogP contribution in [-0.4, -0.2) is 5.11 Å². The average molecular weight is 356 g/mol. The van der Waals surface area contributed by atoms with Crippen LogP contribution in [0.2, 0.25) is 0 Å². The monoisotopic (exact) mass is 356 g/mol. The number of anilines is 1. The first-order valence-corrected chi connectivity index (χ1v) is 9.03. The van der Waals surface area contributed by atoms with E-state index in [0.29, 0.717) is 5.69 Å². The van der Waals surface area contributed by atoms with Crippen molar-refractivity contribution in [3.63, 3.8) is 0 Å². The van der Waals surface area contributed by atoms with Gasteiger partial charge in [-0.05, 0) is 49.6 Å². The maximum absolute atomic E-state index is 10.3. The summed E-state index contributed by atoms with van der Waals surface area (Å²) in [6, 6.07) is 25.6. The SMILES string of the molecule is Cc1cccc([C@@H](Nc2cc(C)ccc2O)[C@@](C)(C#N)c2ccccc2)c1. The second kappa shape index (κ2) is 7.55. The molecule has 0 heterocycles. The van der Waals surface area contributed by atoms with E-state index >= 15 is 0 Å². The van der Waals surface area contributed by atoms with Gasteiger partial charge in [0.15, 0.2) is 0 Å². The van der Waals surface area contributed by atoms with Crippen molar-refractivity contribution in [3.05, 3.63) is 95.1 Å². The summed E-state index contributed by atoms with van der Waals surface area (Å²) in [7, 11) is 0. The largest absolute Gasteiger partial charge is 0.506 e. The van der Waals surface area contributed by atoms with Crippen molar-refractivity contribution in [2.45, 2.75) is 32.2 Å². The van der Waals surface area contributed by atoms with Gasteiger partial charge in [0, 0.05) is 0 Å². The Kier molecular flexibility index (Phi) is 5.19. The Morgan fingerprint density at radius 3 is 2.30 bits per heavy atom. The molecule has 0 aromatic heterocycles. The van der Waals surface area contributed by atoms with Crippen molar-refractivity contribution >= 4 is 5.69 Å². The molecule has 0 aliphatic heterocycles. The standard InChI is InChI=1S/C24H24N2O/c1-17-8-7-9-19(14-17)23(26-21-15-18(2)12-13-22(21)27)24(3,16-25)20-10-5-4-6-11-20/h4-15,23,26-27H,1-3H3/t23-,24+/m1/s1. The molecule has 3 aromatic rings. The topological polar surface area (TPSA) is 56.0 Å². The molecule has 0 aliphatic carbocycles. The Labute approximate surface area is 160 Å². The lowest BCUT2D eigenvalue weighted by atomic mass is 9.74. The minimum absolute atomic E-state index is 0.173. The second-order valence-corrected chi connectivity index (χ2v) is 7.19. The highest BCUT2D eigenvalue weighted by Crippen LogP contribution is 2.41. The molecule has 0 saturated carbocycles. The van der Waals surface area contributed by atoms with Gasteiger partial charge in [0.25, 0.3) is 0 Å². The van der Waals surface area contributed by atoms with E-state index < -0.39 is 5.41 Å². The Bertz CT molecular complexity index is 975. The molecular weight excluding hydrogens is 332 g/mol. The van der Waals surface area contributed by atoms with Crippen LogP contribution < -0.4 is 5.32 Å². The Morgan fingerprint density at radius 1 is 0.926 bits per heavy atom. The summed E-state index contributed by atoms with van der Waals surface area (Å²) in [5, 5.41) is 24.0. The lowest BCUT2D eigenvalue weighted by molar-refractivity contribution is 0.470. The van der Waals surface area contributed by atoms with Gasteiger partial charge in [-0.15, -0.1) is 0 Å². The molecule has 0 fully saturated rings. The molecule has 0 radical (unpaired) electrons. The summed E-state index contributed by atoms with van der Waals surface area (Å²) in [6.07, 6.45) is 0. The average Bonchev–Trinajstić information content (AvgIpc) is 2.68. The van der Waals surface area contributed by atoms with E-state index in [1.165, 1.54) is 0 Å². The van der Waals surface area contributed by atoms with E-state index in [1.54, 1.807) is 6.07 Å². The van der Waals surface area contributed by atoms with Crippen LogP contribution in [-0.2, 0) is 5.41 Å². The molecule has 0 aliphatic rings. The minimum Gasteiger partial charge on any atom is -0.506 e. The molecule has 2 N–H and O–H groups in total. The Morgan fingerprint density at radius 2 is 1.63 bits per heavy atom. The number of phenols is 1. The van der Waals surface area contributed by atoms with Crippen molar-refractivity contribution in [2.24, 2.45) is 0 Å². The van der Waals surface area contributed by atoms with Gasteiger partial charge < -0.3 is 10.4 Å². The molecule has 3 nitrogen and oxygen atoms in total. The van der Waals surface area contributed by atoms with E-state index in [9.17, 15) is 10.4 Å². The third-order valence-electron chi connectivity index (χ3n) is 5.01. The van der Waals surface area contributed by atoms with Crippen LogP contribution in [0.15, 0.2) is 72.8 Å². The highest BCUT2D eigenvalue weighted by Gasteiger charge is 2.38. The van der Waals surface area contributed by atoms with Crippen LogP contribution in [0, 0.1) is 25.2 Å². The molecule has 0 spiro atoms. The number of nitrogens with one attached hydrogen (secondary N) is 1. The molecule has 3 aromatic carbocycles.